The number of carbonyl (C=O) groups excluding carboxylic acids is 1. The molecule has 1 heterocycles. The van der Waals surface area contributed by atoms with Crippen molar-refractivity contribution in [1.29, 1.82) is 0 Å². The van der Waals surface area contributed by atoms with Crippen LogP contribution in [0.2, 0.25) is 0 Å². The minimum absolute atomic E-state index is 0.0552. The van der Waals surface area contributed by atoms with Gasteiger partial charge in [0.1, 0.15) is 5.82 Å². The van der Waals surface area contributed by atoms with Gasteiger partial charge >= 0.3 is 0 Å². The number of aromatic nitrogens is 1. The molecule has 0 saturated heterocycles. The van der Waals surface area contributed by atoms with Crippen LogP contribution in [-0.4, -0.2) is 55.7 Å². The molecule has 0 atom stereocenters. The second-order valence-electron chi connectivity index (χ2n) is 5.60. The summed E-state index contributed by atoms with van der Waals surface area (Å²) in [6.45, 7) is 0.138. The van der Waals surface area contributed by atoms with Gasteiger partial charge in [-0.05, 0) is 36.4 Å². The lowest BCUT2D eigenvalue weighted by Crippen LogP contribution is -2.40. The van der Waals surface area contributed by atoms with Crippen molar-refractivity contribution in [2.45, 2.75) is 11.3 Å². The fourth-order valence-electron chi connectivity index (χ4n) is 2.14. The van der Waals surface area contributed by atoms with Gasteiger partial charge in [0.25, 0.3) is 0 Å². The Kier molecular flexibility index (Phi) is 6.22. The molecule has 1 amide bonds. The number of amides is 1. The number of nitrogens with zero attached hydrogens (tertiary/aromatic N) is 3. The molecule has 0 aliphatic heterocycles. The normalized spacial score (nSPS) is 11.5. The zero-order valence-electron chi connectivity index (χ0n) is 14.1. The standard InChI is InChI=1S/C17H20FN3O3S/c1-20(12-10-15-5-3-4-11-19-15)17(22)13-21(2)25(23,24)16-8-6-14(18)7-9-16/h3-9,11H,10,12-13H2,1-2H3. The van der Waals surface area contributed by atoms with Crippen LogP contribution in [0.3, 0.4) is 0 Å². The van der Waals surface area contributed by atoms with E-state index in [0.29, 0.717) is 13.0 Å². The van der Waals surface area contributed by atoms with E-state index in [2.05, 4.69) is 4.98 Å². The molecule has 0 spiro atoms. The minimum Gasteiger partial charge on any atom is -0.344 e. The summed E-state index contributed by atoms with van der Waals surface area (Å²) in [5, 5.41) is 0. The van der Waals surface area contributed by atoms with E-state index in [9.17, 15) is 17.6 Å². The van der Waals surface area contributed by atoms with Crippen molar-refractivity contribution in [3.63, 3.8) is 0 Å². The van der Waals surface area contributed by atoms with Crippen molar-refractivity contribution >= 4 is 15.9 Å². The fourth-order valence-corrected chi connectivity index (χ4v) is 3.26. The second-order valence-corrected chi connectivity index (χ2v) is 7.65. The number of rotatable bonds is 7. The molecule has 0 N–H and O–H groups in total. The summed E-state index contributed by atoms with van der Waals surface area (Å²) in [5.41, 5.74) is 0.856. The largest absolute Gasteiger partial charge is 0.344 e. The first-order valence-electron chi connectivity index (χ1n) is 7.66. The molecule has 2 aromatic rings. The third kappa shape index (κ3) is 5.07. The van der Waals surface area contributed by atoms with Crippen LogP contribution < -0.4 is 0 Å². The summed E-state index contributed by atoms with van der Waals surface area (Å²) in [4.78, 5) is 17.8. The number of halogens is 1. The van der Waals surface area contributed by atoms with E-state index in [0.717, 1.165) is 22.1 Å². The molecule has 0 fully saturated rings. The summed E-state index contributed by atoms with van der Waals surface area (Å²) in [5.74, 6) is -0.851. The lowest BCUT2D eigenvalue weighted by molar-refractivity contribution is -0.129. The van der Waals surface area contributed by atoms with Gasteiger partial charge in [-0.25, -0.2) is 12.8 Å². The van der Waals surface area contributed by atoms with Gasteiger partial charge < -0.3 is 4.90 Å². The van der Waals surface area contributed by atoms with E-state index in [1.807, 2.05) is 18.2 Å². The van der Waals surface area contributed by atoms with Gasteiger partial charge in [0.15, 0.2) is 0 Å². The van der Waals surface area contributed by atoms with Crippen LogP contribution >= 0.6 is 0 Å². The zero-order valence-corrected chi connectivity index (χ0v) is 14.9. The van der Waals surface area contributed by atoms with Crippen LogP contribution in [0.5, 0.6) is 0 Å². The molecular weight excluding hydrogens is 345 g/mol. The van der Waals surface area contributed by atoms with Crippen molar-refractivity contribution in [3.05, 3.63) is 60.2 Å². The van der Waals surface area contributed by atoms with Crippen LogP contribution in [0.4, 0.5) is 4.39 Å². The van der Waals surface area contributed by atoms with Crippen molar-refractivity contribution in [3.8, 4) is 0 Å². The first kappa shape index (κ1) is 19.0. The predicted molar refractivity (Wildman–Crippen MR) is 91.8 cm³/mol. The van der Waals surface area contributed by atoms with Crippen molar-refractivity contribution in [2.75, 3.05) is 27.2 Å². The van der Waals surface area contributed by atoms with Crippen LogP contribution in [0.25, 0.3) is 0 Å². The Balaban J connectivity index is 1.95. The molecule has 0 unspecified atom stereocenters. The van der Waals surface area contributed by atoms with Gasteiger partial charge in [-0.3, -0.25) is 9.78 Å². The summed E-state index contributed by atoms with van der Waals surface area (Å²) < 4.78 is 38.7. The zero-order chi connectivity index (χ0) is 18.4. The lowest BCUT2D eigenvalue weighted by Gasteiger charge is -2.21. The highest BCUT2D eigenvalue weighted by Crippen LogP contribution is 2.14. The fraction of sp³-hybridized carbons (Fsp3) is 0.294. The van der Waals surface area contributed by atoms with Gasteiger partial charge in [0.2, 0.25) is 15.9 Å². The number of carbonyl (C=O) groups is 1. The van der Waals surface area contributed by atoms with Crippen LogP contribution in [0.15, 0.2) is 53.6 Å². The highest BCUT2D eigenvalue weighted by atomic mass is 32.2. The van der Waals surface area contributed by atoms with E-state index in [-0.39, 0.29) is 17.3 Å². The topological polar surface area (TPSA) is 70.6 Å². The van der Waals surface area contributed by atoms with Crippen LogP contribution in [0, 0.1) is 5.82 Å². The molecule has 25 heavy (non-hydrogen) atoms. The van der Waals surface area contributed by atoms with E-state index < -0.39 is 15.8 Å². The first-order valence-corrected chi connectivity index (χ1v) is 9.10. The van der Waals surface area contributed by atoms with Gasteiger partial charge in [0, 0.05) is 39.0 Å². The molecular formula is C17H20FN3O3S. The van der Waals surface area contributed by atoms with Crippen molar-refractivity contribution < 1.29 is 17.6 Å². The average Bonchev–Trinajstić information content (AvgIpc) is 2.60. The Morgan fingerprint density at radius 2 is 1.80 bits per heavy atom. The molecule has 0 radical (unpaired) electrons. The molecule has 0 aliphatic rings. The molecule has 8 heteroatoms. The second kappa shape index (κ2) is 8.17. The van der Waals surface area contributed by atoms with Crippen LogP contribution in [0.1, 0.15) is 5.69 Å². The summed E-state index contributed by atoms with van der Waals surface area (Å²) in [6, 6.07) is 10.0. The lowest BCUT2D eigenvalue weighted by atomic mass is 10.2. The third-order valence-corrected chi connectivity index (χ3v) is 5.55. The maximum atomic E-state index is 12.9. The smallest absolute Gasteiger partial charge is 0.243 e. The van der Waals surface area contributed by atoms with Gasteiger partial charge in [-0.1, -0.05) is 6.07 Å². The van der Waals surface area contributed by atoms with Gasteiger partial charge in [-0.2, -0.15) is 4.31 Å². The Hall–Kier alpha value is -2.32. The Morgan fingerprint density at radius 3 is 2.40 bits per heavy atom. The molecule has 0 aliphatic carbocycles. The Bertz CT molecular complexity index is 811. The number of hydrogen-bond acceptors (Lipinski definition) is 4. The van der Waals surface area contributed by atoms with E-state index in [4.69, 9.17) is 0 Å². The number of benzene rings is 1. The van der Waals surface area contributed by atoms with E-state index >= 15 is 0 Å². The van der Waals surface area contributed by atoms with Gasteiger partial charge in [-0.15, -0.1) is 0 Å². The van der Waals surface area contributed by atoms with Crippen molar-refractivity contribution in [2.24, 2.45) is 0 Å². The highest BCUT2D eigenvalue weighted by Gasteiger charge is 2.24. The Morgan fingerprint density at radius 1 is 1.12 bits per heavy atom. The first-order chi connectivity index (χ1) is 11.8. The maximum Gasteiger partial charge on any atom is 0.243 e. The number of sulfonamides is 1. The average molecular weight is 365 g/mol. The molecule has 1 aromatic heterocycles. The molecule has 2 rings (SSSR count). The summed E-state index contributed by atoms with van der Waals surface area (Å²) in [6.07, 6.45) is 2.26. The molecule has 1 aromatic carbocycles. The van der Waals surface area contributed by atoms with E-state index in [1.165, 1.54) is 24.1 Å². The summed E-state index contributed by atoms with van der Waals surface area (Å²) >= 11 is 0. The number of hydrogen-bond donors (Lipinski definition) is 0. The molecule has 6 nitrogen and oxygen atoms in total. The highest BCUT2D eigenvalue weighted by molar-refractivity contribution is 7.89. The minimum atomic E-state index is -3.84. The molecule has 134 valence electrons. The quantitative estimate of drug-likeness (QED) is 0.746. The molecule has 0 bridgehead atoms. The van der Waals surface area contributed by atoms with Crippen molar-refractivity contribution in [1.82, 2.24) is 14.2 Å². The molecule has 0 saturated carbocycles. The third-order valence-electron chi connectivity index (χ3n) is 3.73. The maximum absolute atomic E-state index is 12.9. The predicted octanol–water partition coefficient (Wildman–Crippen LogP) is 1.54. The number of likely N-dealkylation sites (N-methyl/N-ethyl adjacent to an activating group) is 2. The monoisotopic (exact) mass is 365 g/mol. The summed E-state index contributed by atoms with van der Waals surface area (Å²) in [7, 11) is -0.907. The Labute approximate surface area is 147 Å². The van der Waals surface area contributed by atoms with E-state index in [1.54, 1.807) is 13.2 Å². The van der Waals surface area contributed by atoms with Crippen LogP contribution in [-0.2, 0) is 21.2 Å². The SMILES string of the molecule is CN(CCc1ccccn1)C(=O)CN(C)S(=O)(=O)c1ccc(F)cc1. The number of pyridine rings is 1. The van der Waals surface area contributed by atoms with Gasteiger partial charge in [0.05, 0.1) is 11.4 Å².